The van der Waals surface area contributed by atoms with Crippen LogP contribution < -0.4 is 15.2 Å². The highest BCUT2D eigenvalue weighted by atomic mass is 15.2. The Bertz CT molecular complexity index is 487. The van der Waals surface area contributed by atoms with E-state index in [1.54, 1.807) is 0 Å². The lowest BCUT2D eigenvalue weighted by atomic mass is 10.2. The Morgan fingerprint density at radius 1 is 1.28 bits per heavy atom. The number of nitrogens with zero attached hydrogens (tertiary/aromatic N) is 3. The predicted molar refractivity (Wildman–Crippen MR) is 74.3 cm³/mol. The maximum absolute atomic E-state index is 5.71. The van der Waals surface area contributed by atoms with E-state index in [1.165, 1.54) is 5.69 Å². The number of aromatic nitrogens is 2. The lowest BCUT2D eigenvalue weighted by molar-refractivity contribution is -0.693. The summed E-state index contributed by atoms with van der Waals surface area (Å²) >= 11 is 0. The van der Waals surface area contributed by atoms with Gasteiger partial charge in [-0.2, -0.15) is 0 Å². The van der Waals surface area contributed by atoms with Crippen LogP contribution in [0.5, 0.6) is 0 Å². The van der Waals surface area contributed by atoms with Crippen molar-refractivity contribution in [2.45, 2.75) is 13.5 Å². The number of hydrogen-bond donors (Lipinski definition) is 1. The summed E-state index contributed by atoms with van der Waals surface area (Å²) in [6.07, 6.45) is 6.24. The fourth-order valence-corrected chi connectivity index (χ4v) is 2.03. The van der Waals surface area contributed by atoms with Gasteiger partial charge >= 0.3 is 0 Å². The Kier molecular flexibility index (Phi) is 3.87. The average Bonchev–Trinajstić information content (AvgIpc) is 2.78. The van der Waals surface area contributed by atoms with E-state index in [0.717, 1.165) is 25.3 Å². The molecule has 0 saturated carbocycles. The van der Waals surface area contributed by atoms with Crippen molar-refractivity contribution in [3.05, 3.63) is 43.0 Å². The smallest absolute Gasteiger partial charge is 0.243 e. The Hall–Kier alpha value is -1.97. The van der Waals surface area contributed by atoms with Crippen molar-refractivity contribution in [1.82, 2.24) is 4.57 Å². The zero-order valence-corrected chi connectivity index (χ0v) is 11.1. The Morgan fingerprint density at radius 3 is 2.56 bits per heavy atom. The lowest BCUT2D eigenvalue weighted by Crippen LogP contribution is -2.39. The number of nitrogens with two attached hydrogens (primary N) is 1. The van der Waals surface area contributed by atoms with Crippen LogP contribution in [-0.4, -0.2) is 17.7 Å². The van der Waals surface area contributed by atoms with E-state index in [4.69, 9.17) is 5.73 Å². The van der Waals surface area contributed by atoms with Crippen molar-refractivity contribution in [1.29, 1.82) is 0 Å². The Morgan fingerprint density at radius 2 is 2.00 bits per heavy atom. The third-order valence-corrected chi connectivity index (χ3v) is 3.09. The van der Waals surface area contributed by atoms with E-state index in [2.05, 4.69) is 51.8 Å². The largest absolute Gasteiger partial charge is 0.399 e. The minimum Gasteiger partial charge on any atom is -0.399 e. The lowest BCUT2D eigenvalue weighted by Gasteiger charge is -2.22. The molecule has 0 amide bonds. The SMILES string of the molecule is CCN(CC[n+]1ccn(C)c1)c1ccc(N)cc1. The van der Waals surface area contributed by atoms with Gasteiger partial charge in [0.15, 0.2) is 0 Å². The van der Waals surface area contributed by atoms with E-state index in [1.807, 2.05) is 19.2 Å². The average molecular weight is 245 g/mol. The minimum absolute atomic E-state index is 0.812. The molecule has 2 N–H and O–H groups in total. The van der Waals surface area contributed by atoms with Gasteiger partial charge < -0.3 is 10.6 Å². The molecule has 4 nitrogen and oxygen atoms in total. The monoisotopic (exact) mass is 245 g/mol. The summed E-state index contributed by atoms with van der Waals surface area (Å²) in [5, 5.41) is 0. The Labute approximate surface area is 108 Å². The summed E-state index contributed by atoms with van der Waals surface area (Å²) < 4.78 is 4.25. The third kappa shape index (κ3) is 3.03. The number of imidazole rings is 1. The minimum atomic E-state index is 0.812. The van der Waals surface area contributed by atoms with Crippen LogP contribution in [-0.2, 0) is 13.6 Å². The van der Waals surface area contributed by atoms with Gasteiger partial charge in [-0.3, -0.25) is 0 Å². The molecule has 2 aromatic rings. The third-order valence-electron chi connectivity index (χ3n) is 3.09. The second kappa shape index (κ2) is 5.58. The number of hydrogen-bond acceptors (Lipinski definition) is 2. The van der Waals surface area contributed by atoms with Gasteiger partial charge in [-0.05, 0) is 31.2 Å². The van der Waals surface area contributed by atoms with Crippen LogP contribution in [0, 0.1) is 0 Å². The molecule has 0 aliphatic carbocycles. The van der Waals surface area contributed by atoms with Crippen LogP contribution in [0.2, 0.25) is 0 Å². The standard InChI is InChI=1S/C14H21N4/c1-3-18(14-6-4-13(15)5-7-14)11-10-17-9-8-16(2)12-17/h4-9,12H,3,10-11,15H2,1-2H3/q+1. The molecule has 0 saturated heterocycles. The van der Waals surface area contributed by atoms with Crippen molar-refractivity contribution < 1.29 is 4.57 Å². The number of nitrogen functional groups attached to an aromatic ring is 1. The van der Waals surface area contributed by atoms with Crippen molar-refractivity contribution >= 4 is 11.4 Å². The molecule has 1 heterocycles. The van der Waals surface area contributed by atoms with E-state index in [9.17, 15) is 0 Å². The summed E-state index contributed by atoms with van der Waals surface area (Å²) in [7, 11) is 2.04. The summed E-state index contributed by atoms with van der Waals surface area (Å²) in [4.78, 5) is 2.35. The number of likely N-dealkylation sites (N-methyl/N-ethyl adjacent to an activating group) is 1. The first-order valence-electron chi connectivity index (χ1n) is 6.30. The summed E-state index contributed by atoms with van der Waals surface area (Å²) in [5.74, 6) is 0. The van der Waals surface area contributed by atoms with E-state index < -0.39 is 0 Å². The van der Waals surface area contributed by atoms with E-state index in [0.29, 0.717) is 0 Å². The van der Waals surface area contributed by atoms with Crippen LogP contribution in [0.3, 0.4) is 0 Å². The second-order valence-corrected chi connectivity index (χ2v) is 4.49. The van der Waals surface area contributed by atoms with Crippen LogP contribution in [0.4, 0.5) is 11.4 Å². The predicted octanol–water partition coefficient (Wildman–Crippen LogP) is 1.42. The van der Waals surface area contributed by atoms with Crippen molar-refractivity contribution in [3.63, 3.8) is 0 Å². The number of rotatable bonds is 5. The second-order valence-electron chi connectivity index (χ2n) is 4.49. The molecule has 0 aliphatic rings. The van der Waals surface area contributed by atoms with Gasteiger partial charge in [-0.15, -0.1) is 0 Å². The fraction of sp³-hybridized carbons (Fsp3) is 0.357. The molecular formula is C14H21N4+. The molecule has 4 heteroatoms. The highest BCUT2D eigenvalue weighted by Gasteiger charge is 2.06. The first kappa shape index (κ1) is 12.5. The summed E-state index contributed by atoms with van der Waals surface area (Å²) in [5.41, 5.74) is 7.75. The number of benzene rings is 1. The summed E-state index contributed by atoms with van der Waals surface area (Å²) in [6, 6.07) is 8.06. The molecule has 0 spiro atoms. The fourth-order valence-electron chi connectivity index (χ4n) is 2.03. The van der Waals surface area contributed by atoms with Gasteiger partial charge in [-0.25, -0.2) is 9.13 Å². The quantitative estimate of drug-likeness (QED) is 0.639. The van der Waals surface area contributed by atoms with Crippen LogP contribution in [0.25, 0.3) is 0 Å². The Balaban J connectivity index is 1.99. The zero-order chi connectivity index (χ0) is 13.0. The molecule has 0 aliphatic heterocycles. The van der Waals surface area contributed by atoms with Gasteiger partial charge in [0.05, 0.1) is 13.6 Å². The molecule has 1 aromatic heterocycles. The van der Waals surface area contributed by atoms with Crippen LogP contribution in [0.1, 0.15) is 6.92 Å². The number of anilines is 2. The molecule has 96 valence electrons. The number of aryl methyl sites for hydroxylation is 1. The molecule has 0 radical (unpaired) electrons. The van der Waals surface area contributed by atoms with Gasteiger partial charge in [0.2, 0.25) is 6.33 Å². The first-order chi connectivity index (χ1) is 8.69. The van der Waals surface area contributed by atoms with Gasteiger partial charge in [0.25, 0.3) is 0 Å². The molecule has 1 aromatic carbocycles. The van der Waals surface area contributed by atoms with E-state index in [-0.39, 0.29) is 0 Å². The highest BCUT2D eigenvalue weighted by Crippen LogP contribution is 2.15. The van der Waals surface area contributed by atoms with Gasteiger partial charge in [0, 0.05) is 17.9 Å². The summed E-state index contributed by atoms with van der Waals surface area (Å²) in [6.45, 7) is 5.15. The molecule has 2 rings (SSSR count). The highest BCUT2D eigenvalue weighted by molar-refractivity contribution is 5.52. The zero-order valence-electron chi connectivity index (χ0n) is 11.1. The maximum Gasteiger partial charge on any atom is 0.243 e. The van der Waals surface area contributed by atoms with Crippen molar-refractivity contribution in [2.75, 3.05) is 23.7 Å². The van der Waals surface area contributed by atoms with Crippen molar-refractivity contribution in [2.24, 2.45) is 7.05 Å². The normalized spacial score (nSPS) is 10.6. The molecule has 0 atom stereocenters. The first-order valence-corrected chi connectivity index (χ1v) is 6.30. The van der Waals surface area contributed by atoms with Crippen LogP contribution >= 0.6 is 0 Å². The molecular weight excluding hydrogens is 224 g/mol. The topological polar surface area (TPSA) is 38.1 Å². The maximum atomic E-state index is 5.71. The molecule has 0 bridgehead atoms. The van der Waals surface area contributed by atoms with Crippen molar-refractivity contribution in [3.8, 4) is 0 Å². The van der Waals surface area contributed by atoms with Gasteiger partial charge in [-0.1, -0.05) is 0 Å². The van der Waals surface area contributed by atoms with E-state index >= 15 is 0 Å². The molecule has 18 heavy (non-hydrogen) atoms. The van der Waals surface area contributed by atoms with Crippen LogP contribution in [0.15, 0.2) is 43.0 Å². The molecule has 0 unspecified atom stereocenters. The molecule has 0 fully saturated rings. The van der Waals surface area contributed by atoms with Gasteiger partial charge in [0.1, 0.15) is 18.9 Å².